The van der Waals surface area contributed by atoms with E-state index < -0.39 is 18.5 Å². The highest BCUT2D eigenvalue weighted by atomic mass is 16.5. The van der Waals surface area contributed by atoms with Gasteiger partial charge in [0, 0.05) is 18.5 Å². The van der Waals surface area contributed by atoms with E-state index in [4.69, 9.17) is 10.00 Å². The zero-order chi connectivity index (χ0) is 20.8. The average molecular weight is 391 g/mol. The Morgan fingerprint density at radius 2 is 1.72 bits per heavy atom. The molecule has 0 radical (unpaired) electrons. The summed E-state index contributed by atoms with van der Waals surface area (Å²) in [5, 5.41) is 8.97. The maximum atomic E-state index is 12.4. The van der Waals surface area contributed by atoms with Crippen molar-refractivity contribution in [1.29, 1.82) is 5.26 Å². The van der Waals surface area contributed by atoms with Crippen LogP contribution in [-0.2, 0) is 19.1 Å². The van der Waals surface area contributed by atoms with E-state index in [2.05, 4.69) is 0 Å². The van der Waals surface area contributed by atoms with Crippen molar-refractivity contribution in [3.8, 4) is 6.07 Å². The number of rotatable bonds is 6. The summed E-state index contributed by atoms with van der Waals surface area (Å²) in [5.41, 5.74) is 0.908. The fourth-order valence-electron chi connectivity index (χ4n) is 2.93. The van der Waals surface area contributed by atoms with Gasteiger partial charge in [0.1, 0.15) is 6.54 Å². The molecule has 0 aliphatic carbocycles. The number of nitrogens with zero attached hydrogens (tertiary/aromatic N) is 3. The number of ether oxygens (including phenoxy) is 1. The van der Waals surface area contributed by atoms with Gasteiger partial charge in [0.2, 0.25) is 11.8 Å². The molecule has 146 valence electrons. The second-order valence-electron chi connectivity index (χ2n) is 6.22. The second-order valence-corrected chi connectivity index (χ2v) is 6.22. The van der Waals surface area contributed by atoms with E-state index in [0.29, 0.717) is 5.69 Å². The van der Waals surface area contributed by atoms with Crippen LogP contribution in [0.5, 0.6) is 0 Å². The third-order valence-electron chi connectivity index (χ3n) is 4.32. The lowest BCUT2D eigenvalue weighted by Crippen LogP contribution is -2.35. The molecule has 0 N–H and O–H groups in total. The van der Waals surface area contributed by atoms with Crippen molar-refractivity contribution in [3.05, 3.63) is 60.2 Å². The highest BCUT2D eigenvalue weighted by Gasteiger charge is 2.30. The Morgan fingerprint density at radius 3 is 2.38 bits per heavy atom. The number of imide groups is 1. The maximum Gasteiger partial charge on any atom is 0.338 e. The molecule has 8 nitrogen and oxygen atoms in total. The molecule has 1 saturated heterocycles. The average Bonchev–Trinajstić information content (AvgIpc) is 3.08. The monoisotopic (exact) mass is 391 g/mol. The Bertz CT molecular complexity index is 981. The van der Waals surface area contributed by atoms with Crippen molar-refractivity contribution in [2.24, 2.45) is 0 Å². The van der Waals surface area contributed by atoms with Crippen molar-refractivity contribution in [2.75, 3.05) is 23.0 Å². The molecule has 0 saturated carbocycles. The van der Waals surface area contributed by atoms with Crippen LogP contribution >= 0.6 is 0 Å². The normalized spacial score (nSPS) is 13.1. The van der Waals surface area contributed by atoms with Gasteiger partial charge in [-0.25, -0.2) is 4.79 Å². The van der Waals surface area contributed by atoms with Gasteiger partial charge in [-0.3, -0.25) is 24.2 Å². The molecule has 1 fully saturated rings. The van der Waals surface area contributed by atoms with Gasteiger partial charge in [0.25, 0.3) is 5.91 Å². The summed E-state index contributed by atoms with van der Waals surface area (Å²) in [5.74, 6) is -1.98. The van der Waals surface area contributed by atoms with Crippen LogP contribution in [0.1, 0.15) is 23.2 Å². The van der Waals surface area contributed by atoms with Crippen LogP contribution in [0.3, 0.4) is 0 Å². The van der Waals surface area contributed by atoms with E-state index in [0.717, 1.165) is 4.90 Å². The lowest BCUT2D eigenvalue weighted by molar-refractivity contribution is -0.122. The molecule has 0 bridgehead atoms. The van der Waals surface area contributed by atoms with Gasteiger partial charge in [-0.1, -0.05) is 24.3 Å². The third kappa shape index (κ3) is 4.47. The SMILES string of the molecule is N#CCN(C(=O)COC(=O)c1cccc(N2C(=O)CCC2=O)c1)c1ccccc1. The van der Waals surface area contributed by atoms with Crippen molar-refractivity contribution in [1.82, 2.24) is 0 Å². The molecule has 0 atom stereocenters. The number of hydrogen-bond acceptors (Lipinski definition) is 6. The van der Waals surface area contributed by atoms with Gasteiger partial charge in [-0.05, 0) is 30.3 Å². The Balaban J connectivity index is 1.68. The second kappa shape index (κ2) is 8.80. The van der Waals surface area contributed by atoms with Crippen LogP contribution in [0.4, 0.5) is 11.4 Å². The van der Waals surface area contributed by atoms with Crippen LogP contribution in [0, 0.1) is 11.3 Å². The minimum Gasteiger partial charge on any atom is -0.452 e. The molecule has 1 heterocycles. The fraction of sp³-hybridized carbons (Fsp3) is 0.190. The van der Waals surface area contributed by atoms with Crippen LogP contribution in [0.2, 0.25) is 0 Å². The van der Waals surface area contributed by atoms with Crippen molar-refractivity contribution in [3.63, 3.8) is 0 Å². The zero-order valence-electron chi connectivity index (χ0n) is 15.4. The minimum absolute atomic E-state index is 0.106. The van der Waals surface area contributed by atoms with Gasteiger partial charge < -0.3 is 4.74 Å². The molecule has 3 rings (SSSR count). The standard InChI is InChI=1S/C21H17N3O5/c22-11-12-23(16-6-2-1-3-7-16)20(27)14-29-21(28)15-5-4-8-17(13-15)24-18(25)9-10-19(24)26/h1-8,13H,9-10,12,14H2. The summed E-state index contributed by atoms with van der Waals surface area (Å²) >= 11 is 0. The molecule has 0 aromatic heterocycles. The van der Waals surface area contributed by atoms with E-state index in [-0.39, 0.29) is 42.5 Å². The number of para-hydroxylation sites is 1. The lowest BCUT2D eigenvalue weighted by atomic mass is 10.2. The van der Waals surface area contributed by atoms with Gasteiger partial charge in [-0.15, -0.1) is 0 Å². The van der Waals surface area contributed by atoms with Crippen LogP contribution < -0.4 is 9.80 Å². The predicted molar refractivity (Wildman–Crippen MR) is 103 cm³/mol. The van der Waals surface area contributed by atoms with Crippen molar-refractivity contribution in [2.45, 2.75) is 12.8 Å². The van der Waals surface area contributed by atoms with Gasteiger partial charge in [-0.2, -0.15) is 5.26 Å². The van der Waals surface area contributed by atoms with E-state index in [9.17, 15) is 19.2 Å². The summed E-state index contributed by atoms with van der Waals surface area (Å²) < 4.78 is 5.08. The number of anilines is 2. The van der Waals surface area contributed by atoms with E-state index in [1.807, 2.05) is 6.07 Å². The summed E-state index contributed by atoms with van der Waals surface area (Å²) in [7, 11) is 0. The molecule has 1 aliphatic rings. The molecule has 1 aliphatic heterocycles. The summed E-state index contributed by atoms with van der Waals surface area (Å²) in [4.78, 5) is 50.8. The van der Waals surface area contributed by atoms with E-state index in [1.54, 1.807) is 36.4 Å². The Kier molecular flexibility index (Phi) is 6.00. The zero-order valence-corrected chi connectivity index (χ0v) is 15.4. The van der Waals surface area contributed by atoms with Gasteiger partial charge >= 0.3 is 5.97 Å². The van der Waals surface area contributed by atoms with E-state index in [1.165, 1.54) is 23.1 Å². The molecule has 2 aromatic carbocycles. The van der Waals surface area contributed by atoms with Crippen LogP contribution in [0.15, 0.2) is 54.6 Å². The number of benzene rings is 2. The lowest BCUT2D eigenvalue weighted by Gasteiger charge is -2.19. The Morgan fingerprint density at radius 1 is 1.03 bits per heavy atom. The first kappa shape index (κ1) is 19.8. The van der Waals surface area contributed by atoms with Crippen LogP contribution in [-0.4, -0.2) is 36.8 Å². The maximum absolute atomic E-state index is 12.4. The number of carbonyl (C=O) groups excluding carboxylic acids is 4. The van der Waals surface area contributed by atoms with Gasteiger partial charge in [0.15, 0.2) is 6.61 Å². The number of hydrogen-bond donors (Lipinski definition) is 0. The summed E-state index contributed by atoms with van der Waals surface area (Å²) in [6.07, 6.45) is 0.270. The topological polar surface area (TPSA) is 108 Å². The van der Waals surface area contributed by atoms with E-state index >= 15 is 0 Å². The molecule has 3 amide bonds. The minimum atomic E-state index is -0.774. The molecule has 0 unspecified atom stereocenters. The summed E-state index contributed by atoms with van der Waals surface area (Å²) in [6.45, 7) is -0.740. The summed E-state index contributed by atoms with van der Waals surface area (Å²) in [6, 6.07) is 16.4. The first-order valence-corrected chi connectivity index (χ1v) is 8.86. The predicted octanol–water partition coefficient (Wildman–Crippen LogP) is 2.05. The number of esters is 1. The Labute approximate surface area is 166 Å². The van der Waals surface area contributed by atoms with Crippen LogP contribution in [0.25, 0.3) is 0 Å². The van der Waals surface area contributed by atoms with Gasteiger partial charge in [0.05, 0.1) is 17.3 Å². The molecule has 29 heavy (non-hydrogen) atoms. The molecular formula is C21H17N3O5. The first-order chi connectivity index (χ1) is 14.0. The molecule has 2 aromatic rings. The van der Waals surface area contributed by atoms with Crippen molar-refractivity contribution >= 4 is 35.1 Å². The number of nitriles is 1. The molecular weight excluding hydrogens is 374 g/mol. The first-order valence-electron chi connectivity index (χ1n) is 8.86. The Hall–Kier alpha value is -3.99. The fourth-order valence-corrected chi connectivity index (χ4v) is 2.93. The molecule has 8 heteroatoms. The van der Waals surface area contributed by atoms with Crippen molar-refractivity contribution < 1.29 is 23.9 Å². The quantitative estimate of drug-likeness (QED) is 0.424. The number of carbonyl (C=O) groups is 4. The smallest absolute Gasteiger partial charge is 0.338 e. The third-order valence-corrected chi connectivity index (χ3v) is 4.32. The largest absolute Gasteiger partial charge is 0.452 e. The molecule has 0 spiro atoms. The highest BCUT2D eigenvalue weighted by molar-refractivity contribution is 6.20. The number of amides is 3. The highest BCUT2D eigenvalue weighted by Crippen LogP contribution is 2.23.